The molecule has 0 aromatic heterocycles. The van der Waals surface area contributed by atoms with Crippen LogP contribution >= 0.6 is 23.4 Å². The van der Waals surface area contributed by atoms with Gasteiger partial charge in [0.25, 0.3) is 5.24 Å². The summed E-state index contributed by atoms with van der Waals surface area (Å²) in [4.78, 5) is 35.2. The molecule has 0 saturated carbocycles. The third kappa shape index (κ3) is 2.49. The van der Waals surface area contributed by atoms with E-state index in [1.54, 1.807) is 24.3 Å². The van der Waals surface area contributed by atoms with Crippen LogP contribution in [-0.4, -0.2) is 27.5 Å². The molecule has 18 heavy (non-hydrogen) atoms. The van der Waals surface area contributed by atoms with E-state index < -0.39 is 22.4 Å². The standard InChI is InChI=1S/C11H8ClNO4S/c12-6-1-3-7(4-2-6)13-10(16)8(5-9(14)15)18-11(13)17/h1-4,8H,5H2,(H,14,15)/t8-/m1/s1. The highest BCUT2D eigenvalue weighted by molar-refractivity contribution is 8.15. The molecule has 1 aromatic carbocycles. The van der Waals surface area contributed by atoms with Crippen molar-refractivity contribution >= 4 is 46.2 Å². The summed E-state index contributed by atoms with van der Waals surface area (Å²) in [6.07, 6.45) is -0.362. The predicted octanol–water partition coefficient (Wildman–Crippen LogP) is 2.38. The van der Waals surface area contributed by atoms with Crippen molar-refractivity contribution < 1.29 is 19.5 Å². The maximum Gasteiger partial charge on any atom is 0.305 e. The number of amides is 2. The van der Waals surface area contributed by atoms with Gasteiger partial charge in [-0.2, -0.15) is 0 Å². The smallest absolute Gasteiger partial charge is 0.305 e. The summed E-state index contributed by atoms with van der Waals surface area (Å²) in [6, 6.07) is 6.21. The molecule has 0 unspecified atom stereocenters. The maximum atomic E-state index is 11.9. The van der Waals surface area contributed by atoms with Gasteiger partial charge in [0.15, 0.2) is 0 Å². The molecule has 1 aliphatic heterocycles. The first-order valence-corrected chi connectivity index (χ1v) is 6.27. The van der Waals surface area contributed by atoms with E-state index >= 15 is 0 Å². The summed E-state index contributed by atoms with van der Waals surface area (Å²) in [5.74, 6) is -1.61. The lowest BCUT2D eigenvalue weighted by atomic mass is 10.2. The number of nitrogens with zero attached hydrogens (tertiary/aromatic N) is 1. The van der Waals surface area contributed by atoms with Crippen LogP contribution in [0.2, 0.25) is 5.02 Å². The van der Waals surface area contributed by atoms with E-state index in [1.165, 1.54) is 0 Å². The van der Waals surface area contributed by atoms with Gasteiger partial charge in [-0.25, -0.2) is 4.90 Å². The van der Waals surface area contributed by atoms with Crippen LogP contribution < -0.4 is 4.90 Å². The average molecular weight is 286 g/mol. The highest BCUT2D eigenvalue weighted by Crippen LogP contribution is 2.33. The van der Waals surface area contributed by atoms with E-state index in [2.05, 4.69) is 0 Å². The lowest BCUT2D eigenvalue weighted by molar-refractivity contribution is -0.138. The lowest BCUT2D eigenvalue weighted by Gasteiger charge is -2.13. The van der Waals surface area contributed by atoms with Gasteiger partial charge in [0.2, 0.25) is 5.91 Å². The first-order valence-electron chi connectivity index (χ1n) is 5.01. The van der Waals surface area contributed by atoms with Crippen molar-refractivity contribution in [3.63, 3.8) is 0 Å². The van der Waals surface area contributed by atoms with E-state index in [0.717, 1.165) is 16.7 Å². The quantitative estimate of drug-likeness (QED) is 0.923. The zero-order valence-electron chi connectivity index (χ0n) is 9.00. The second-order valence-electron chi connectivity index (χ2n) is 3.62. The van der Waals surface area contributed by atoms with Crippen molar-refractivity contribution in [2.75, 3.05) is 4.90 Å². The van der Waals surface area contributed by atoms with Gasteiger partial charge in [-0.15, -0.1) is 0 Å². The molecule has 0 radical (unpaired) electrons. The van der Waals surface area contributed by atoms with Gasteiger partial charge in [-0.3, -0.25) is 14.4 Å². The number of thioether (sulfide) groups is 1. The number of halogens is 1. The summed E-state index contributed by atoms with van der Waals surface area (Å²) in [5.41, 5.74) is 0.398. The molecular weight excluding hydrogens is 278 g/mol. The van der Waals surface area contributed by atoms with Crippen LogP contribution in [-0.2, 0) is 9.59 Å². The molecule has 2 amide bonds. The van der Waals surface area contributed by atoms with Crippen LogP contribution in [0.1, 0.15) is 6.42 Å². The van der Waals surface area contributed by atoms with E-state index in [9.17, 15) is 14.4 Å². The summed E-state index contributed by atoms with van der Waals surface area (Å²) < 4.78 is 0. The Hall–Kier alpha value is -1.53. The van der Waals surface area contributed by atoms with Crippen molar-refractivity contribution in [2.24, 2.45) is 0 Å². The Morgan fingerprint density at radius 2 is 1.94 bits per heavy atom. The normalized spacial score (nSPS) is 19.4. The third-order valence-electron chi connectivity index (χ3n) is 2.37. The fraction of sp³-hybridized carbons (Fsp3) is 0.182. The summed E-state index contributed by atoms with van der Waals surface area (Å²) in [7, 11) is 0. The number of aliphatic carboxylic acids is 1. The van der Waals surface area contributed by atoms with Crippen molar-refractivity contribution in [3.05, 3.63) is 29.3 Å². The molecular formula is C11H8ClNO4S. The minimum atomic E-state index is -1.10. The second kappa shape index (κ2) is 4.99. The molecule has 94 valence electrons. The minimum absolute atomic E-state index is 0.362. The Morgan fingerprint density at radius 1 is 1.33 bits per heavy atom. The second-order valence-corrected chi connectivity index (χ2v) is 5.21. The largest absolute Gasteiger partial charge is 0.481 e. The number of benzene rings is 1. The average Bonchev–Trinajstić information content (AvgIpc) is 2.55. The van der Waals surface area contributed by atoms with Gasteiger partial charge >= 0.3 is 5.97 Å². The van der Waals surface area contributed by atoms with Crippen molar-refractivity contribution in [3.8, 4) is 0 Å². The molecule has 7 heteroatoms. The Labute approximate surface area is 112 Å². The van der Waals surface area contributed by atoms with Gasteiger partial charge in [-0.05, 0) is 36.0 Å². The number of hydrogen-bond donors (Lipinski definition) is 1. The van der Waals surface area contributed by atoms with Gasteiger partial charge in [0.1, 0.15) is 5.25 Å². The Bertz CT molecular complexity index is 516. The van der Waals surface area contributed by atoms with Crippen molar-refractivity contribution in [2.45, 2.75) is 11.7 Å². The number of imide groups is 1. The molecule has 0 aliphatic carbocycles. The van der Waals surface area contributed by atoms with Crippen LogP contribution in [0.15, 0.2) is 24.3 Å². The summed E-state index contributed by atoms with van der Waals surface area (Å²) in [6.45, 7) is 0. The fourth-order valence-corrected chi connectivity index (χ4v) is 2.67. The van der Waals surface area contributed by atoms with E-state index in [1.807, 2.05) is 0 Å². The number of carbonyl (C=O) groups excluding carboxylic acids is 2. The van der Waals surface area contributed by atoms with Crippen LogP contribution in [0.3, 0.4) is 0 Å². The number of carbonyl (C=O) groups is 3. The zero-order valence-corrected chi connectivity index (χ0v) is 10.6. The highest BCUT2D eigenvalue weighted by atomic mass is 35.5. The molecule has 1 atom stereocenters. The Kier molecular flexibility index (Phi) is 3.58. The minimum Gasteiger partial charge on any atom is -0.481 e. The SMILES string of the molecule is O=C(O)C[C@H]1SC(=O)N(c2ccc(Cl)cc2)C1=O. The van der Waals surface area contributed by atoms with E-state index in [4.69, 9.17) is 16.7 Å². The molecule has 0 bridgehead atoms. The molecule has 1 aliphatic rings. The number of carboxylic acids is 1. The molecule has 0 spiro atoms. The first kappa shape index (κ1) is 12.9. The molecule has 1 heterocycles. The number of rotatable bonds is 3. The van der Waals surface area contributed by atoms with Gasteiger partial charge in [-0.1, -0.05) is 11.6 Å². The first-order chi connectivity index (χ1) is 8.49. The predicted molar refractivity (Wildman–Crippen MR) is 68.0 cm³/mol. The monoisotopic (exact) mass is 285 g/mol. The van der Waals surface area contributed by atoms with Gasteiger partial charge in [0.05, 0.1) is 12.1 Å². The molecule has 1 aromatic rings. The van der Waals surface area contributed by atoms with E-state index in [-0.39, 0.29) is 6.42 Å². The molecule has 1 fully saturated rings. The molecule has 1 saturated heterocycles. The molecule has 1 N–H and O–H groups in total. The third-order valence-corrected chi connectivity index (χ3v) is 3.66. The fourth-order valence-electron chi connectivity index (χ4n) is 1.57. The van der Waals surface area contributed by atoms with Gasteiger partial charge < -0.3 is 5.11 Å². The lowest BCUT2D eigenvalue weighted by Crippen LogP contribution is -2.32. The zero-order chi connectivity index (χ0) is 13.3. The summed E-state index contributed by atoms with van der Waals surface area (Å²) >= 11 is 6.45. The highest BCUT2D eigenvalue weighted by Gasteiger charge is 2.41. The maximum absolute atomic E-state index is 11.9. The van der Waals surface area contributed by atoms with Gasteiger partial charge in [0, 0.05) is 5.02 Å². The van der Waals surface area contributed by atoms with Crippen LogP contribution in [0.25, 0.3) is 0 Å². The number of carboxylic acid groups (broad SMARTS) is 1. The number of anilines is 1. The van der Waals surface area contributed by atoms with Crippen molar-refractivity contribution in [1.29, 1.82) is 0 Å². The Balaban J connectivity index is 2.24. The molecule has 5 nitrogen and oxygen atoms in total. The van der Waals surface area contributed by atoms with E-state index in [0.29, 0.717) is 10.7 Å². The number of hydrogen-bond acceptors (Lipinski definition) is 4. The Morgan fingerprint density at radius 3 is 2.50 bits per heavy atom. The van der Waals surface area contributed by atoms with Crippen LogP contribution in [0, 0.1) is 0 Å². The van der Waals surface area contributed by atoms with Crippen LogP contribution in [0.4, 0.5) is 10.5 Å². The summed E-state index contributed by atoms with van der Waals surface area (Å²) in [5, 5.41) is 7.83. The van der Waals surface area contributed by atoms with Crippen LogP contribution in [0.5, 0.6) is 0 Å². The topological polar surface area (TPSA) is 74.7 Å². The van der Waals surface area contributed by atoms with Crippen molar-refractivity contribution in [1.82, 2.24) is 0 Å². The molecule has 2 rings (SSSR count).